The van der Waals surface area contributed by atoms with Crippen molar-refractivity contribution in [1.82, 2.24) is 5.32 Å². The first kappa shape index (κ1) is 59.8. The molecule has 0 fully saturated rings. The van der Waals surface area contributed by atoms with Gasteiger partial charge in [-0.2, -0.15) is 0 Å². The van der Waals surface area contributed by atoms with E-state index in [2.05, 4.69) is 74.7 Å². The lowest BCUT2D eigenvalue weighted by atomic mass is 10.0. The Morgan fingerprint density at radius 2 is 0.887 bits per heavy atom. The van der Waals surface area contributed by atoms with E-state index < -0.39 is 18.2 Å². The Morgan fingerprint density at radius 3 is 1.35 bits per heavy atom. The van der Waals surface area contributed by atoms with E-state index in [0.29, 0.717) is 19.3 Å². The summed E-state index contributed by atoms with van der Waals surface area (Å²) in [5, 5.41) is 23.8. The van der Waals surface area contributed by atoms with Crippen molar-refractivity contribution < 1.29 is 24.5 Å². The average molecular weight is 870 g/mol. The molecule has 0 radical (unpaired) electrons. The summed E-state index contributed by atoms with van der Waals surface area (Å²) in [5.41, 5.74) is 0. The van der Waals surface area contributed by atoms with Gasteiger partial charge in [-0.1, -0.05) is 236 Å². The first-order chi connectivity index (χ1) is 30.5. The van der Waals surface area contributed by atoms with Gasteiger partial charge in [0, 0.05) is 6.42 Å². The van der Waals surface area contributed by atoms with Crippen LogP contribution in [0.1, 0.15) is 271 Å². The van der Waals surface area contributed by atoms with Crippen LogP contribution in [0.5, 0.6) is 0 Å². The molecule has 6 heteroatoms. The number of unbranched alkanes of at least 4 members (excludes halogenated alkanes) is 30. The van der Waals surface area contributed by atoms with Crippen molar-refractivity contribution in [2.24, 2.45) is 0 Å². The highest BCUT2D eigenvalue weighted by Crippen LogP contribution is 2.18. The molecule has 62 heavy (non-hydrogen) atoms. The minimum absolute atomic E-state index is 0.0706. The fourth-order valence-electron chi connectivity index (χ4n) is 8.13. The maximum atomic E-state index is 13.2. The average Bonchev–Trinajstić information content (AvgIpc) is 3.26. The van der Waals surface area contributed by atoms with Gasteiger partial charge in [-0.15, -0.1) is 0 Å². The molecular formula is C56H103NO5. The summed E-state index contributed by atoms with van der Waals surface area (Å²) in [6.45, 7) is 6.36. The van der Waals surface area contributed by atoms with Crippen LogP contribution in [0.2, 0.25) is 0 Å². The Bertz CT molecular complexity index is 1070. The van der Waals surface area contributed by atoms with Gasteiger partial charge in [-0.05, 0) is 70.6 Å². The van der Waals surface area contributed by atoms with E-state index >= 15 is 0 Å². The summed E-state index contributed by atoms with van der Waals surface area (Å²) in [5.74, 6) is -0.484. The Labute approximate surface area is 385 Å². The highest BCUT2D eigenvalue weighted by atomic mass is 16.5. The van der Waals surface area contributed by atoms with E-state index in [0.717, 1.165) is 70.6 Å². The van der Waals surface area contributed by atoms with Gasteiger partial charge >= 0.3 is 5.97 Å². The number of hydrogen-bond acceptors (Lipinski definition) is 5. The standard InChI is InChI=1S/C56H103NO5/c1-4-7-10-13-16-19-22-24-26-27-29-30-33-35-38-41-44-47-52(62-56(61)49-46-43-40-37-34-31-28-25-23-20-17-14-11-8-5-2)50-55(60)57-53(51-58)54(59)48-45-42-39-36-32-21-18-15-12-9-6-3/h8,11,14,17,20,23-24,26,52-54,58-59H,4-7,9-10,12-13,15-16,18-19,21-22,25,27-51H2,1-3H3,(H,57,60)/b11-8+,17-14+,23-20+,26-24+. The Hall–Kier alpha value is -2.18. The molecule has 0 heterocycles. The molecule has 0 saturated carbocycles. The number of aliphatic hydroxyl groups excluding tert-OH is 2. The molecule has 3 N–H and O–H groups in total. The van der Waals surface area contributed by atoms with E-state index in [1.807, 2.05) is 0 Å². The van der Waals surface area contributed by atoms with Gasteiger partial charge in [0.1, 0.15) is 6.10 Å². The zero-order valence-electron chi connectivity index (χ0n) is 41.3. The molecule has 0 aliphatic rings. The molecular weight excluding hydrogens is 767 g/mol. The molecule has 0 aromatic carbocycles. The molecule has 0 saturated heterocycles. The van der Waals surface area contributed by atoms with Crippen molar-refractivity contribution in [3.63, 3.8) is 0 Å². The van der Waals surface area contributed by atoms with Crippen molar-refractivity contribution in [3.8, 4) is 0 Å². The second-order valence-corrected chi connectivity index (χ2v) is 18.3. The molecule has 0 aromatic heterocycles. The van der Waals surface area contributed by atoms with E-state index in [-0.39, 0.29) is 24.9 Å². The van der Waals surface area contributed by atoms with Crippen LogP contribution < -0.4 is 5.32 Å². The summed E-state index contributed by atoms with van der Waals surface area (Å²) in [7, 11) is 0. The minimum atomic E-state index is -0.790. The van der Waals surface area contributed by atoms with E-state index in [1.165, 1.54) is 154 Å². The van der Waals surface area contributed by atoms with E-state index in [4.69, 9.17) is 4.74 Å². The SMILES string of the molecule is CC/C=C/C=C/C=C/CCCCCCCCCC(=O)OC(CCCCCCCCC/C=C/CCCCCCCC)CC(=O)NC(CO)C(O)CCCCCCCCCCCCC. The highest BCUT2D eigenvalue weighted by molar-refractivity contribution is 5.77. The number of amides is 1. The monoisotopic (exact) mass is 870 g/mol. The maximum absolute atomic E-state index is 13.2. The number of allylic oxidation sites excluding steroid dienone is 8. The third-order valence-corrected chi connectivity index (χ3v) is 12.2. The van der Waals surface area contributed by atoms with Crippen LogP contribution >= 0.6 is 0 Å². The first-order valence-electron chi connectivity index (χ1n) is 26.9. The van der Waals surface area contributed by atoms with E-state index in [1.54, 1.807) is 0 Å². The number of ether oxygens (including phenoxy) is 1. The van der Waals surface area contributed by atoms with Crippen molar-refractivity contribution in [2.75, 3.05) is 6.61 Å². The highest BCUT2D eigenvalue weighted by Gasteiger charge is 2.24. The molecule has 6 nitrogen and oxygen atoms in total. The topological polar surface area (TPSA) is 95.9 Å². The van der Waals surface area contributed by atoms with Gasteiger partial charge in [-0.25, -0.2) is 0 Å². The Kier molecular flexibility index (Phi) is 48.1. The van der Waals surface area contributed by atoms with Gasteiger partial charge in [-0.3, -0.25) is 9.59 Å². The molecule has 0 aliphatic carbocycles. The first-order valence-corrected chi connectivity index (χ1v) is 26.9. The summed E-state index contributed by atoms with van der Waals surface area (Å²) in [6, 6.07) is -0.704. The third-order valence-electron chi connectivity index (χ3n) is 12.2. The maximum Gasteiger partial charge on any atom is 0.306 e. The molecule has 362 valence electrons. The molecule has 1 amide bonds. The van der Waals surface area contributed by atoms with Crippen molar-refractivity contribution >= 4 is 11.9 Å². The Morgan fingerprint density at radius 1 is 0.484 bits per heavy atom. The lowest BCUT2D eigenvalue weighted by molar-refractivity contribution is -0.151. The van der Waals surface area contributed by atoms with Crippen molar-refractivity contribution in [1.29, 1.82) is 0 Å². The largest absolute Gasteiger partial charge is 0.462 e. The second-order valence-electron chi connectivity index (χ2n) is 18.3. The quantitative estimate of drug-likeness (QED) is 0.0245. The van der Waals surface area contributed by atoms with Crippen LogP contribution in [-0.2, 0) is 14.3 Å². The molecule has 0 spiro atoms. The lowest BCUT2D eigenvalue weighted by Crippen LogP contribution is -2.46. The number of carbonyl (C=O) groups excluding carboxylic acids is 2. The normalized spacial score (nSPS) is 13.6. The van der Waals surface area contributed by atoms with Gasteiger partial charge < -0.3 is 20.3 Å². The number of nitrogens with one attached hydrogen (secondary N) is 1. The summed E-state index contributed by atoms with van der Waals surface area (Å²) in [4.78, 5) is 26.2. The number of hydrogen-bond donors (Lipinski definition) is 3. The van der Waals surface area contributed by atoms with Gasteiger partial charge in [0.05, 0.1) is 25.2 Å². The predicted molar refractivity (Wildman–Crippen MR) is 269 cm³/mol. The van der Waals surface area contributed by atoms with Crippen LogP contribution in [0.4, 0.5) is 0 Å². The predicted octanol–water partition coefficient (Wildman–Crippen LogP) is 16.2. The third kappa shape index (κ3) is 44.4. The zero-order chi connectivity index (χ0) is 45.2. The number of carbonyl (C=O) groups is 2. The van der Waals surface area contributed by atoms with Crippen LogP contribution in [-0.4, -0.2) is 46.9 Å². The van der Waals surface area contributed by atoms with Crippen LogP contribution in [0, 0.1) is 0 Å². The lowest BCUT2D eigenvalue weighted by Gasteiger charge is -2.24. The minimum Gasteiger partial charge on any atom is -0.462 e. The number of rotatable bonds is 48. The van der Waals surface area contributed by atoms with Crippen molar-refractivity contribution in [3.05, 3.63) is 48.6 Å². The molecule has 3 unspecified atom stereocenters. The number of esters is 1. The smallest absolute Gasteiger partial charge is 0.306 e. The van der Waals surface area contributed by atoms with Crippen LogP contribution in [0.15, 0.2) is 48.6 Å². The fraction of sp³-hybridized carbons (Fsp3) is 0.821. The molecule has 0 aliphatic heterocycles. The summed E-state index contributed by atoms with van der Waals surface area (Å²) in [6.07, 6.45) is 60.3. The van der Waals surface area contributed by atoms with Crippen LogP contribution in [0.3, 0.4) is 0 Å². The molecule has 0 aromatic rings. The van der Waals surface area contributed by atoms with Crippen molar-refractivity contribution in [2.45, 2.75) is 289 Å². The zero-order valence-corrected chi connectivity index (χ0v) is 41.3. The fourth-order valence-corrected chi connectivity index (χ4v) is 8.13. The second kappa shape index (κ2) is 49.8. The molecule has 3 atom stereocenters. The van der Waals surface area contributed by atoms with E-state index in [9.17, 15) is 19.8 Å². The summed E-state index contributed by atoms with van der Waals surface area (Å²) >= 11 is 0. The van der Waals surface area contributed by atoms with Gasteiger partial charge in [0.2, 0.25) is 5.91 Å². The number of aliphatic hydroxyl groups is 2. The molecule has 0 rings (SSSR count). The molecule has 0 bridgehead atoms. The van der Waals surface area contributed by atoms with Gasteiger partial charge in [0.25, 0.3) is 0 Å². The van der Waals surface area contributed by atoms with Gasteiger partial charge in [0.15, 0.2) is 0 Å². The summed E-state index contributed by atoms with van der Waals surface area (Å²) < 4.78 is 5.94. The van der Waals surface area contributed by atoms with Crippen LogP contribution in [0.25, 0.3) is 0 Å². The Balaban J connectivity index is 4.59.